The monoisotopic (exact) mass is 249 g/mol. The van der Waals surface area contributed by atoms with Gasteiger partial charge < -0.3 is 10.2 Å². The van der Waals surface area contributed by atoms with Crippen molar-refractivity contribution in [1.82, 2.24) is 25.0 Å². The van der Waals surface area contributed by atoms with Gasteiger partial charge in [-0.05, 0) is 38.3 Å². The van der Waals surface area contributed by atoms with Crippen LogP contribution in [0.25, 0.3) is 0 Å². The average molecular weight is 249 g/mol. The summed E-state index contributed by atoms with van der Waals surface area (Å²) >= 11 is 0. The summed E-state index contributed by atoms with van der Waals surface area (Å²) in [6.07, 6.45) is 6.88. The third-order valence-corrected chi connectivity index (χ3v) is 3.94. The number of hydrogen-bond acceptors (Lipinski definition) is 4. The summed E-state index contributed by atoms with van der Waals surface area (Å²) in [5, 5.41) is 7.97. The number of rotatable bonds is 6. The molecule has 2 fully saturated rings. The summed E-state index contributed by atoms with van der Waals surface area (Å²) in [4.78, 5) is 6.83. The molecule has 0 aromatic carbocycles. The maximum atomic E-state index is 4.33. The van der Waals surface area contributed by atoms with E-state index in [1.54, 1.807) is 11.0 Å². The van der Waals surface area contributed by atoms with Gasteiger partial charge in [-0.15, -0.1) is 0 Å². The molecule has 1 saturated heterocycles. The van der Waals surface area contributed by atoms with Crippen LogP contribution in [0.1, 0.15) is 25.1 Å². The molecule has 1 saturated carbocycles. The van der Waals surface area contributed by atoms with Gasteiger partial charge in [0, 0.05) is 32.6 Å². The third-order valence-electron chi connectivity index (χ3n) is 3.94. The maximum Gasteiger partial charge on any atom is 0.151 e. The molecule has 3 rings (SSSR count). The minimum absolute atomic E-state index is 0.844. The second-order valence-corrected chi connectivity index (χ2v) is 5.72. The van der Waals surface area contributed by atoms with Gasteiger partial charge in [0.1, 0.15) is 6.33 Å². The first-order valence-corrected chi connectivity index (χ1v) is 7.10. The molecule has 1 aromatic rings. The molecule has 1 N–H and O–H groups in total. The van der Waals surface area contributed by atoms with E-state index < -0.39 is 0 Å². The van der Waals surface area contributed by atoms with E-state index in [-0.39, 0.29) is 0 Å². The van der Waals surface area contributed by atoms with E-state index in [1.807, 2.05) is 7.05 Å². The summed E-state index contributed by atoms with van der Waals surface area (Å²) in [6, 6.07) is 0.844. The van der Waals surface area contributed by atoms with Crippen molar-refractivity contribution in [2.75, 3.05) is 26.2 Å². The SMILES string of the molecule is Cn1cnc(CCN2CCC(CNC3CC3)C2)n1. The smallest absolute Gasteiger partial charge is 0.151 e. The first-order chi connectivity index (χ1) is 8.79. The number of likely N-dealkylation sites (tertiary alicyclic amines) is 1. The van der Waals surface area contributed by atoms with E-state index in [1.165, 1.54) is 38.9 Å². The average Bonchev–Trinajstić information content (AvgIpc) is 2.93. The third kappa shape index (κ3) is 3.29. The normalized spacial score (nSPS) is 24.8. The Hall–Kier alpha value is -0.940. The highest BCUT2D eigenvalue weighted by Gasteiger charge is 2.26. The summed E-state index contributed by atoms with van der Waals surface area (Å²) in [6.45, 7) is 4.79. The van der Waals surface area contributed by atoms with Crippen molar-refractivity contribution in [2.24, 2.45) is 13.0 Å². The van der Waals surface area contributed by atoms with Gasteiger partial charge in [0.15, 0.2) is 5.82 Å². The largest absolute Gasteiger partial charge is 0.314 e. The van der Waals surface area contributed by atoms with Crippen LogP contribution in [0.3, 0.4) is 0 Å². The number of hydrogen-bond donors (Lipinski definition) is 1. The first-order valence-electron chi connectivity index (χ1n) is 7.10. The summed E-state index contributed by atoms with van der Waals surface area (Å²) in [5.41, 5.74) is 0. The lowest BCUT2D eigenvalue weighted by molar-refractivity contribution is 0.323. The van der Waals surface area contributed by atoms with E-state index in [0.717, 1.165) is 30.7 Å². The van der Waals surface area contributed by atoms with Crippen LogP contribution in [0.15, 0.2) is 6.33 Å². The van der Waals surface area contributed by atoms with Crippen LogP contribution in [0.5, 0.6) is 0 Å². The minimum Gasteiger partial charge on any atom is -0.314 e. The van der Waals surface area contributed by atoms with Gasteiger partial charge in [0.2, 0.25) is 0 Å². The molecule has 0 amide bonds. The van der Waals surface area contributed by atoms with Crippen molar-refractivity contribution < 1.29 is 0 Å². The van der Waals surface area contributed by atoms with Gasteiger partial charge in [-0.3, -0.25) is 4.68 Å². The van der Waals surface area contributed by atoms with Crippen LogP contribution in [0.4, 0.5) is 0 Å². The predicted molar refractivity (Wildman–Crippen MR) is 70.3 cm³/mol. The van der Waals surface area contributed by atoms with Crippen molar-refractivity contribution in [3.63, 3.8) is 0 Å². The molecule has 2 heterocycles. The molecule has 5 nitrogen and oxygen atoms in total. The zero-order valence-electron chi connectivity index (χ0n) is 11.2. The molecule has 1 atom stereocenters. The van der Waals surface area contributed by atoms with Gasteiger partial charge in [-0.2, -0.15) is 5.10 Å². The Kier molecular flexibility index (Phi) is 3.61. The highest BCUT2D eigenvalue weighted by Crippen LogP contribution is 2.21. The molecule has 5 heteroatoms. The Morgan fingerprint density at radius 3 is 3.00 bits per heavy atom. The fourth-order valence-corrected chi connectivity index (χ4v) is 2.66. The second-order valence-electron chi connectivity index (χ2n) is 5.72. The number of aromatic nitrogens is 3. The van der Waals surface area contributed by atoms with Crippen LogP contribution >= 0.6 is 0 Å². The topological polar surface area (TPSA) is 46.0 Å². The van der Waals surface area contributed by atoms with Gasteiger partial charge in [-0.1, -0.05) is 0 Å². The number of nitrogens with one attached hydrogen (secondary N) is 1. The van der Waals surface area contributed by atoms with Crippen LogP contribution in [0.2, 0.25) is 0 Å². The predicted octanol–water partition coefficient (Wildman–Crippen LogP) is 0.432. The van der Waals surface area contributed by atoms with Crippen molar-refractivity contribution in [3.05, 3.63) is 12.2 Å². The summed E-state index contributed by atoms with van der Waals surface area (Å²) < 4.78 is 1.78. The highest BCUT2D eigenvalue weighted by molar-refractivity contribution is 4.87. The highest BCUT2D eigenvalue weighted by atomic mass is 15.3. The van der Waals surface area contributed by atoms with E-state index >= 15 is 0 Å². The maximum absolute atomic E-state index is 4.33. The Labute approximate surface area is 109 Å². The van der Waals surface area contributed by atoms with Gasteiger partial charge >= 0.3 is 0 Å². The van der Waals surface area contributed by atoms with Crippen molar-refractivity contribution >= 4 is 0 Å². The van der Waals surface area contributed by atoms with E-state index in [2.05, 4.69) is 20.3 Å². The lowest BCUT2D eigenvalue weighted by atomic mass is 10.1. The van der Waals surface area contributed by atoms with Gasteiger partial charge in [0.25, 0.3) is 0 Å². The molecule has 2 aliphatic rings. The molecule has 1 unspecified atom stereocenters. The Morgan fingerprint density at radius 2 is 2.28 bits per heavy atom. The zero-order valence-corrected chi connectivity index (χ0v) is 11.2. The molecule has 0 radical (unpaired) electrons. The van der Waals surface area contributed by atoms with Crippen molar-refractivity contribution in [1.29, 1.82) is 0 Å². The molecule has 100 valence electrons. The Morgan fingerprint density at radius 1 is 1.39 bits per heavy atom. The second kappa shape index (κ2) is 5.36. The molecule has 0 bridgehead atoms. The lowest BCUT2D eigenvalue weighted by Gasteiger charge is -2.15. The van der Waals surface area contributed by atoms with Crippen LogP contribution in [0, 0.1) is 5.92 Å². The fraction of sp³-hybridized carbons (Fsp3) is 0.846. The van der Waals surface area contributed by atoms with Crippen LogP contribution in [-0.2, 0) is 13.5 Å². The molecule has 0 spiro atoms. The first kappa shape index (κ1) is 12.1. The standard InChI is InChI=1S/C13H23N5/c1-17-10-15-13(16-17)5-7-18-6-4-11(9-18)8-14-12-2-3-12/h10-12,14H,2-9H2,1H3. The minimum atomic E-state index is 0.844. The van der Waals surface area contributed by atoms with E-state index in [0.29, 0.717) is 0 Å². The molecule has 1 aliphatic heterocycles. The molecule has 1 aromatic heterocycles. The number of nitrogens with zero attached hydrogens (tertiary/aromatic N) is 4. The lowest BCUT2D eigenvalue weighted by Crippen LogP contribution is -2.28. The van der Waals surface area contributed by atoms with Crippen LogP contribution < -0.4 is 5.32 Å². The quantitative estimate of drug-likeness (QED) is 0.794. The van der Waals surface area contributed by atoms with Gasteiger partial charge in [-0.25, -0.2) is 4.98 Å². The van der Waals surface area contributed by atoms with Crippen LogP contribution in [-0.4, -0.2) is 51.9 Å². The van der Waals surface area contributed by atoms with Crippen molar-refractivity contribution in [2.45, 2.75) is 31.7 Å². The number of aryl methyl sites for hydroxylation is 1. The van der Waals surface area contributed by atoms with Gasteiger partial charge in [0.05, 0.1) is 0 Å². The summed E-state index contributed by atoms with van der Waals surface area (Å²) in [7, 11) is 1.92. The fourth-order valence-electron chi connectivity index (χ4n) is 2.66. The molecular weight excluding hydrogens is 226 g/mol. The Bertz CT molecular complexity index is 384. The van der Waals surface area contributed by atoms with E-state index in [4.69, 9.17) is 0 Å². The molecule has 18 heavy (non-hydrogen) atoms. The Balaban J connectivity index is 1.36. The molecule has 1 aliphatic carbocycles. The zero-order chi connectivity index (χ0) is 12.4. The van der Waals surface area contributed by atoms with E-state index in [9.17, 15) is 0 Å². The summed E-state index contributed by atoms with van der Waals surface area (Å²) in [5.74, 6) is 1.82. The van der Waals surface area contributed by atoms with Crippen molar-refractivity contribution in [3.8, 4) is 0 Å². The molecular formula is C13H23N5.